The second-order valence-corrected chi connectivity index (χ2v) is 7.79. The molecule has 0 bridgehead atoms. The molecule has 1 fully saturated rings. The summed E-state index contributed by atoms with van der Waals surface area (Å²) in [4.78, 5) is 19.2. The van der Waals surface area contributed by atoms with Crippen molar-refractivity contribution >= 4 is 17.4 Å². The van der Waals surface area contributed by atoms with E-state index in [4.69, 9.17) is 4.74 Å². The molecule has 0 spiro atoms. The highest BCUT2D eigenvalue weighted by Gasteiger charge is 2.47. The largest absolute Gasteiger partial charge is 0.497 e. The molecule has 1 aliphatic heterocycles. The van der Waals surface area contributed by atoms with E-state index in [1.165, 1.54) is 12.8 Å². The van der Waals surface area contributed by atoms with E-state index in [-0.39, 0.29) is 23.9 Å². The van der Waals surface area contributed by atoms with Crippen LogP contribution in [0.25, 0.3) is 0 Å². The predicted molar refractivity (Wildman–Crippen MR) is 107 cm³/mol. The van der Waals surface area contributed by atoms with Gasteiger partial charge in [0.05, 0.1) is 18.8 Å². The van der Waals surface area contributed by atoms with Gasteiger partial charge in [0.2, 0.25) is 5.91 Å². The summed E-state index contributed by atoms with van der Waals surface area (Å²) in [6, 6.07) is 12.4. The highest BCUT2D eigenvalue weighted by atomic mass is 16.5. The molecule has 27 heavy (non-hydrogen) atoms. The van der Waals surface area contributed by atoms with Crippen LogP contribution in [-0.2, 0) is 4.79 Å². The monoisotopic (exact) mass is 365 g/mol. The molecule has 2 heterocycles. The van der Waals surface area contributed by atoms with Gasteiger partial charge in [-0.2, -0.15) is 0 Å². The van der Waals surface area contributed by atoms with Gasteiger partial charge in [-0.15, -0.1) is 0 Å². The van der Waals surface area contributed by atoms with Crippen molar-refractivity contribution in [1.82, 2.24) is 4.98 Å². The van der Waals surface area contributed by atoms with Crippen LogP contribution >= 0.6 is 0 Å². The Kier molecular flexibility index (Phi) is 4.54. The molecule has 5 nitrogen and oxygen atoms in total. The van der Waals surface area contributed by atoms with E-state index < -0.39 is 0 Å². The van der Waals surface area contributed by atoms with E-state index in [9.17, 15) is 4.79 Å². The summed E-state index contributed by atoms with van der Waals surface area (Å²) in [5, 5.41) is 3.65. The first kappa shape index (κ1) is 17.8. The van der Waals surface area contributed by atoms with Gasteiger partial charge in [-0.25, -0.2) is 4.98 Å². The molecular formula is C22H27N3O2. The molecule has 142 valence electrons. The van der Waals surface area contributed by atoms with Crippen molar-refractivity contribution in [3.8, 4) is 5.75 Å². The molecular weight excluding hydrogens is 338 g/mol. The van der Waals surface area contributed by atoms with Gasteiger partial charge in [0.15, 0.2) is 0 Å². The van der Waals surface area contributed by atoms with Crippen LogP contribution in [0.4, 0.5) is 11.5 Å². The van der Waals surface area contributed by atoms with Crippen LogP contribution in [-0.4, -0.2) is 24.0 Å². The van der Waals surface area contributed by atoms with Crippen LogP contribution in [0.3, 0.4) is 0 Å². The van der Waals surface area contributed by atoms with Gasteiger partial charge >= 0.3 is 0 Å². The Bertz CT molecular complexity index is 862. The molecule has 1 saturated carbocycles. The second-order valence-electron chi connectivity index (χ2n) is 7.79. The molecule has 0 saturated heterocycles. The number of anilines is 2. The summed E-state index contributed by atoms with van der Waals surface area (Å²) in [6.45, 7) is 5.92. The van der Waals surface area contributed by atoms with Gasteiger partial charge < -0.3 is 15.0 Å². The number of nitrogens with zero attached hydrogens (tertiary/aromatic N) is 2. The lowest BCUT2D eigenvalue weighted by Crippen LogP contribution is -2.51. The maximum absolute atomic E-state index is 12.6. The van der Waals surface area contributed by atoms with Gasteiger partial charge in [0.25, 0.3) is 0 Å². The molecule has 1 amide bonds. The number of amides is 1. The first-order valence-corrected chi connectivity index (χ1v) is 9.67. The summed E-state index contributed by atoms with van der Waals surface area (Å²) in [6.07, 6.45) is 2.38. The second kappa shape index (κ2) is 6.87. The number of hydrogen-bond donors (Lipinski definition) is 1. The van der Waals surface area contributed by atoms with Crippen molar-refractivity contribution in [2.75, 3.05) is 17.3 Å². The lowest BCUT2D eigenvalue weighted by Gasteiger charge is -2.46. The van der Waals surface area contributed by atoms with Crippen molar-refractivity contribution in [1.29, 1.82) is 0 Å². The number of nitrogens with one attached hydrogen (secondary N) is 1. The van der Waals surface area contributed by atoms with E-state index in [2.05, 4.69) is 23.3 Å². The van der Waals surface area contributed by atoms with Gasteiger partial charge in [0, 0.05) is 30.6 Å². The maximum Gasteiger partial charge on any atom is 0.224 e. The smallest absolute Gasteiger partial charge is 0.224 e. The van der Waals surface area contributed by atoms with E-state index in [1.807, 2.05) is 42.2 Å². The summed E-state index contributed by atoms with van der Waals surface area (Å²) in [5.74, 6) is 2.60. The lowest BCUT2D eigenvalue weighted by atomic mass is 9.80. The van der Waals surface area contributed by atoms with E-state index >= 15 is 0 Å². The molecule has 3 atom stereocenters. The maximum atomic E-state index is 12.6. The fourth-order valence-electron chi connectivity index (χ4n) is 4.45. The number of benzene rings is 1. The zero-order valence-corrected chi connectivity index (χ0v) is 16.4. The van der Waals surface area contributed by atoms with Crippen molar-refractivity contribution < 1.29 is 9.53 Å². The van der Waals surface area contributed by atoms with Crippen LogP contribution < -0.4 is 15.0 Å². The van der Waals surface area contributed by atoms with Crippen molar-refractivity contribution in [2.24, 2.45) is 11.8 Å². The minimum atomic E-state index is 0.0976. The highest BCUT2D eigenvalue weighted by Crippen LogP contribution is 2.50. The minimum Gasteiger partial charge on any atom is -0.497 e. The number of carbonyl (C=O) groups is 1. The summed E-state index contributed by atoms with van der Waals surface area (Å²) in [7, 11) is 1.66. The number of methoxy groups -OCH3 is 1. The first-order valence-electron chi connectivity index (χ1n) is 9.67. The quantitative estimate of drug-likeness (QED) is 0.876. The molecule has 2 aliphatic rings. The third-order valence-corrected chi connectivity index (χ3v) is 5.83. The Balaban J connectivity index is 1.80. The average molecular weight is 365 g/mol. The molecule has 2 aromatic rings. The van der Waals surface area contributed by atoms with Gasteiger partial charge in [-0.1, -0.05) is 19.1 Å². The lowest BCUT2D eigenvalue weighted by molar-refractivity contribution is -0.117. The van der Waals surface area contributed by atoms with E-state index in [0.717, 1.165) is 28.5 Å². The zero-order valence-electron chi connectivity index (χ0n) is 16.4. The number of aromatic nitrogens is 1. The number of pyridine rings is 1. The fourth-order valence-corrected chi connectivity index (χ4v) is 4.45. The molecule has 5 heteroatoms. The third kappa shape index (κ3) is 3.27. The van der Waals surface area contributed by atoms with Crippen LogP contribution in [0.5, 0.6) is 5.75 Å². The molecule has 1 aromatic heterocycles. The minimum absolute atomic E-state index is 0.0976. The van der Waals surface area contributed by atoms with E-state index in [0.29, 0.717) is 5.92 Å². The number of rotatable bonds is 4. The van der Waals surface area contributed by atoms with Gasteiger partial charge in [0.1, 0.15) is 11.6 Å². The Morgan fingerprint density at radius 1 is 1.26 bits per heavy atom. The van der Waals surface area contributed by atoms with E-state index in [1.54, 1.807) is 14.0 Å². The van der Waals surface area contributed by atoms with Crippen molar-refractivity contribution in [2.45, 2.75) is 45.7 Å². The number of ether oxygens (including phenoxy) is 1. The SMILES string of the molecule is COc1ccc2c(c1)N(C(C)=O)[C@@H](C1CC1)[C@H](C)C2Nc1cccc(C)n1. The fraction of sp³-hybridized carbons (Fsp3) is 0.455. The number of aryl methyl sites for hydroxylation is 1. The number of carbonyl (C=O) groups excluding carboxylic acids is 1. The number of hydrogen-bond acceptors (Lipinski definition) is 4. The Hall–Kier alpha value is -2.56. The van der Waals surface area contributed by atoms with Crippen LogP contribution in [0.15, 0.2) is 36.4 Å². The summed E-state index contributed by atoms with van der Waals surface area (Å²) >= 11 is 0. The first-order chi connectivity index (χ1) is 13.0. The van der Waals surface area contributed by atoms with Crippen LogP contribution in [0, 0.1) is 18.8 Å². The molecule has 1 aliphatic carbocycles. The summed E-state index contributed by atoms with van der Waals surface area (Å²) < 4.78 is 5.45. The molecule has 0 radical (unpaired) electrons. The third-order valence-electron chi connectivity index (χ3n) is 5.83. The Labute approximate surface area is 160 Å². The van der Waals surface area contributed by atoms with Crippen LogP contribution in [0.2, 0.25) is 0 Å². The predicted octanol–water partition coefficient (Wildman–Crippen LogP) is 4.33. The Morgan fingerprint density at radius 3 is 2.67 bits per heavy atom. The van der Waals surface area contributed by atoms with Gasteiger partial charge in [-0.3, -0.25) is 4.79 Å². The Morgan fingerprint density at radius 2 is 2.04 bits per heavy atom. The normalized spacial score (nSPS) is 24.3. The van der Waals surface area contributed by atoms with Crippen molar-refractivity contribution in [3.63, 3.8) is 0 Å². The van der Waals surface area contributed by atoms with Crippen molar-refractivity contribution in [3.05, 3.63) is 47.7 Å². The molecule has 1 unspecified atom stereocenters. The van der Waals surface area contributed by atoms with Crippen LogP contribution in [0.1, 0.15) is 44.0 Å². The topological polar surface area (TPSA) is 54.5 Å². The molecule has 1 N–H and O–H groups in total. The number of fused-ring (bicyclic) bond motifs is 1. The summed E-state index contributed by atoms with van der Waals surface area (Å²) in [5.41, 5.74) is 3.07. The zero-order chi connectivity index (χ0) is 19.1. The molecule has 4 rings (SSSR count). The average Bonchev–Trinajstić information content (AvgIpc) is 3.47. The standard InChI is InChI=1S/C22H27N3O2/c1-13-6-5-7-20(23-13)24-21-14(2)22(16-8-9-16)25(15(3)26)19-12-17(27-4)10-11-18(19)21/h5-7,10-12,14,16,21-22H,8-9H2,1-4H3,(H,23,24)/t14-,21?,22-/m1/s1. The molecule has 1 aromatic carbocycles. The highest BCUT2D eigenvalue weighted by molar-refractivity contribution is 5.94. The van der Waals surface area contributed by atoms with Gasteiger partial charge in [-0.05, 0) is 49.4 Å².